The topological polar surface area (TPSA) is 78.4 Å². The molecule has 1 aliphatic heterocycles. The highest BCUT2D eigenvalue weighted by atomic mass is 16.4. The van der Waals surface area contributed by atoms with Crippen molar-refractivity contribution < 1.29 is 14.7 Å². The first-order valence-corrected chi connectivity index (χ1v) is 7.30. The fourth-order valence-corrected chi connectivity index (χ4v) is 2.82. The van der Waals surface area contributed by atoms with Gasteiger partial charge in [-0.15, -0.1) is 0 Å². The molecular formula is C14H26N2O3. The number of carbonyl (C=O) groups excluding carboxylic acids is 1. The lowest BCUT2D eigenvalue weighted by molar-refractivity contribution is -0.144. The second kappa shape index (κ2) is 7.48. The summed E-state index contributed by atoms with van der Waals surface area (Å²) >= 11 is 0. The minimum atomic E-state index is -0.939. The molecule has 5 nitrogen and oxygen atoms in total. The van der Waals surface area contributed by atoms with Crippen molar-refractivity contribution in [3.05, 3.63) is 0 Å². The third-order valence-corrected chi connectivity index (χ3v) is 3.86. The van der Waals surface area contributed by atoms with E-state index in [1.807, 2.05) is 6.92 Å². The van der Waals surface area contributed by atoms with E-state index in [1.54, 1.807) is 0 Å². The summed E-state index contributed by atoms with van der Waals surface area (Å²) in [5, 5.41) is 15.1. The number of aliphatic carboxylic acids is 1. The number of piperidine rings is 1. The molecule has 0 saturated carbocycles. The molecule has 0 aliphatic carbocycles. The van der Waals surface area contributed by atoms with Crippen LogP contribution >= 0.6 is 0 Å². The van der Waals surface area contributed by atoms with E-state index in [0.717, 1.165) is 38.6 Å². The largest absolute Gasteiger partial charge is 0.480 e. The maximum atomic E-state index is 12.5. The van der Waals surface area contributed by atoms with Gasteiger partial charge in [-0.1, -0.05) is 26.7 Å². The molecule has 0 aromatic heterocycles. The summed E-state index contributed by atoms with van der Waals surface area (Å²) in [6.45, 7) is 5.58. The third-order valence-electron chi connectivity index (χ3n) is 3.86. The van der Waals surface area contributed by atoms with Crippen molar-refractivity contribution in [1.29, 1.82) is 0 Å². The van der Waals surface area contributed by atoms with Gasteiger partial charge in [0.05, 0.1) is 5.41 Å². The SMILES string of the molecule is CCC[C@@H](NC(=O)C1(CCC)CCCNC1)C(=O)O. The van der Waals surface area contributed by atoms with E-state index in [4.69, 9.17) is 5.11 Å². The molecule has 3 N–H and O–H groups in total. The molecule has 0 bridgehead atoms. The predicted molar refractivity (Wildman–Crippen MR) is 73.9 cm³/mol. The van der Waals surface area contributed by atoms with Gasteiger partial charge in [-0.05, 0) is 32.2 Å². The van der Waals surface area contributed by atoms with E-state index in [9.17, 15) is 9.59 Å². The number of carboxylic acids is 1. The Balaban J connectivity index is 2.73. The van der Waals surface area contributed by atoms with E-state index in [1.165, 1.54) is 0 Å². The van der Waals surface area contributed by atoms with Crippen LogP contribution in [0.25, 0.3) is 0 Å². The minimum Gasteiger partial charge on any atom is -0.480 e. The zero-order valence-electron chi connectivity index (χ0n) is 12.0. The van der Waals surface area contributed by atoms with Crippen LogP contribution in [-0.2, 0) is 9.59 Å². The Labute approximate surface area is 115 Å². The summed E-state index contributed by atoms with van der Waals surface area (Å²) in [5.74, 6) is -1.03. The van der Waals surface area contributed by atoms with Crippen molar-refractivity contribution in [3.8, 4) is 0 Å². The minimum absolute atomic E-state index is 0.0950. The Hall–Kier alpha value is -1.10. The molecule has 1 fully saturated rings. The van der Waals surface area contributed by atoms with Crippen molar-refractivity contribution in [1.82, 2.24) is 10.6 Å². The van der Waals surface area contributed by atoms with Crippen LogP contribution in [0.3, 0.4) is 0 Å². The van der Waals surface area contributed by atoms with Gasteiger partial charge in [0.1, 0.15) is 6.04 Å². The van der Waals surface area contributed by atoms with Crippen molar-refractivity contribution in [2.45, 2.75) is 58.4 Å². The summed E-state index contributed by atoms with van der Waals surface area (Å²) in [4.78, 5) is 23.6. The molecule has 1 rings (SSSR count). The Morgan fingerprint density at radius 2 is 2.11 bits per heavy atom. The van der Waals surface area contributed by atoms with Crippen molar-refractivity contribution >= 4 is 11.9 Å². The molecule has 0 radical (unpaired) electrons. The van der Waals surface area contributed by atoms with Crippen LogP contribution in [0.4, 0.5) is 0 Å². The summed E-state index contributed by atoms with van der Waals surface area (Å²) in [5.41, 5.74) is -0.422. The lowest BCUT2D eigenvalue weighted by atomic mass is 9.76. The van der Waals surface area contributed by atoms with Gasteiger partial charge >= 0.3 is 5.97 Å². The zero-order valence-corrected chi connectivity index (χ0v) is 12.0. The molecule has 110 valence electrons. The van der Waals surface area contributed by atoms with Crippen LogP contribution in [0, 0.1) is 5.41 Å². The monoisotopic (exact) mass is 270 g/mol. The molecule has 5 heteroatoms. The Kier molecular flexibility index (Phi) is 6.28. The van der Waals surface area contributed by atoms with Gasteiger partial charge in [0, 0.05) is 6.54 Å². The fourth-order valence-electron chi connectivity index (χ4n) is 2.82. The smallest absolute Gasteiger partial charge is 0.326 e. The van der Waals surface area contributed by atoms with Gasteiger partial charge in [0.25, 0.3) is 0 Å². The van der Waals surface area contributed by atoms with Gasteiger partial charge < -0.3 is 15.7 Å². The Morgan fingerprint density at radius 1 is 1.37 bits per heavy atom. The van der Waals surface area contributed by atoms with E-state index in [-0.39, 0.29) is 5.91 Å². The molecule has 0 aromatic rings. The first-order valence-electron chi connectivity index (χ1n) is 7.30. The van der Waals surface area contributed by atoms with Crippen LogP contribution in [0.15, 0.2) is 0 Å². The normalized spacial score (nSPS) is 24.7. The summed E-state index contributed by atoms with van der Waals surface area (Å²) in [6.07, 6.45) is 4.79. The molecular weight excluding hydrogens is 244 g/mol. The molecule has 1 saturated heterocycles. The molecule has 1 amide bonds. The number of nitrogens with one attached hydrogen (secondary N) is 2. The summed E-state index contributed by atoms with van der Waals surface area (Å²) in [6, 6.07) is -0.756. The molecule has 1 unspecified atom stereocenters. The Bertz CT molecular complexity index is 306. The van der Waals surface area contributed by atoms with E-state index in [2.05, 4.69) is 17.6 Å². The van der Waals surface area contributed by atoms with Crippen LogP contribution < -0.4 is 10.6 Å². The number of hydrogen-bond donors (Lipinski definition) is 3. The molecule has 1 aliphatic rings. The standard InChI is InChI=1S/C14H26N2O3/c1-3-6-11(12(17)18)16-13(19)14(7-4-2)8-5-9-15-10-14/h11,15H,3-10H2,1-2H3,(H,16,19)(H,17,18)/t11-,14?/m1/s1. The molecule has 1 heterocycles. The van der Waals surface area contributed by atoms with Crippen LogP contribution in [0.5, 0.6) is 0 Å². The number of carbonyl (C=O) groups is 2. The maximum absolute atomic E-state index is 12.5. The average Bonchev–Trinajstić information content (AvgIpc) is 2.39. The second-order valence-corrected chi connectivity index (χ2v) is 5.46. The number of carboxylic acid groups (broad SMARTS) is 1. The summed E-state index contributed by atoms with van der Waals surface area (Å²) < 4.78 is 0. The van der Waals surface area contributed by atoms with Gasteiger partial charge in [0.2, 0.25) is 5.91 Å². The van der Waals surface area contributed by atoms with E-state index < -0.39 is 17.4 Å². The number of rotatable bonds is 7. The van der Waals surface area contributed by atoms with Gasteiger partial charge in [-0.2, -0.15) is 0 Å². The first-order chi connectivity index (χ1) is 9.05. The summed E-state index contributed by atoms with van der Waals surface area (Å²) in [7, 11) is 0. The lowest BCUT2D eigenvalue weighted by Gasteiger charge is -2.37. The highest BCUT2D eigenvalue weighted by Gasteiger charge is 2.40. The van der Waals surface area contributed by atoms with E-state index in [0.29, 0.717) is 13.0 Å². The number of amides is 1. The quantitative estimate of drug-likeness (QED) is 0.655. The zero-order chi connectivity index (χ0) is 14.3. The van der Waals surface area contributed by atoms with Crippen molar-refractivity contribution in [2.75, 3.05) is 13.1 Å². The Morgan fingerprint density at radius 3 is 2.58 bits per heavy atom. The van der Waals surface area contributed by atoms with Gasteiger partial charge in [0.15, 0.2) is 0 Å². The van der Waals surface area contributed by atoms with E-state index >= 15 is 0 Å². The average molecular weight is 270 g/mol. The third kappa shape index (κ3) is 4.20. The fraction of sp³-hybridized carbons (Fsp3) is 0.857. The highest BCUT2D eigenvalue weighted by molar-refractivity contribution is 5.87. The van der Waals surface area contributed by atoms with Crippen molar-refractivity contribution in [2.24, 2.45) is 5.41 Å². The van der Waals surface area contributed by atoms with Crippen LogP contribution in [0.2, 0.25) is 0 Å². The maximum Gasteiger partial charge on any atom is 0.326 e. The van der Waals surface area contributed by atoms with Gasteiger partial charge in [-0.3, -0.25) is 4.79 Å². The molecule has 0 spiro atoms. The van der Waals surface area contributed by atoms with Crippen LogP contribution in [0.1, 0.15) is 52.4 Å². The molecule has 19 heavy (non-hydrogen) atoms. The van der Waals surface area contributed by atoms with Crippen LogP contribution in [-0.4, -0.2) is 36.1 Å². The molecule has 2 atom stereocenters. The predicted octanol–water partition coefficient (Wildman–Crippen LogP) is 1.53. The van der Waals surface area contributed by atoms with Gasteiger partial charge in [-0.25, -0.2) is 4.79 Å². The first kappa shape index (κ1) is 16.0. The second-order valence-electron chi connectivity index (χ2n) is 5.46. The van der Waals surface area contributed by atoms with Crippen molar-refractivity contribution in [3.63, 3.8) is 0 Å². The lowest BCUT2D eigenvalue weighted by Crippen LogP contribution is -2.54. The number of hydrogen-bond acceptors (Lipinski definition) is 3. The highest BCUT2D eigenvalue weighted by Crippen LogP contribution is 2.32. The molecule has 0 aromatic carbocycles.